The van der Waals surface area contributed by atoms with Crippen molar-refractivity contribution in [2.75, 3.05) is 5.01 Å². The Bertz CT molecular complexity index is 716. The maximum absolute atomic E-state index is 4.68. The van der Waals surface area contributed by atoms with Gasteiger partial charge in [-0.2, -0.15) is 5.10 Å². The number of para-hydroxylation sites is 1. The van der Waals surface area contributed by atoms with Gasteiger partial charge in [-0.25, -0.2) is 0 Å². The van der Waals surface area contributed by atoms with Crippen LogP contribution in [0.25, 0.3) is 0 Å². The van der Waals surface area contributed by atoms with Crippen LogP contribution < -0.4 is 5.01 Å². The number of anilines is 1. The molecule has 0 aliphatic carbocycles. The molecular formula is C19H18N2S. The molecule has 0 radical (unpaired) electrons. The maximum Gasteiger partial charge on any atom is 0.0759 e. The van der Waals surface area contributed by atoms with E-state index in [2.05, 4.69) is 65.9 Å². The number of hydrogen-bond acceptors (Lipinski definition) is 3. The summed E-state index contributed by atoms with van der Waals surface area (Å²) in [6.07, 6.45) is 1.92. The third-order valence-electron chi connectivity index (χ3n) is 3.36. The lowest BCUT2D eigenvalue weighted by Gasteiger charge is -2.18. The van der Waals surface area contributed by atoms with Gasteiger partial charge in [0.15, 0.2) is 0 Å². The van der Waals surface area contributed by atoms with E-state index in [1.165, 1.54) is 10.4 Å². The van der Waals surface area contributed by atoms with E-state index in [4.69, 9.17) is 0 Å². The molecule has 0 saturated carbocycles. The van der Waals surface area contributed by atoms with E-state index in [1.54, 1.807) is 11.3 Å². The zero-order valence-corrected chi connectivity index (χ0v) is 13.3. The number of hydrogen-bond donors (Lipinski definition) is 0. The quantitative estimate of drug-likeness (QED) is 0.473. The summed E-state index contributed by atoms with van der Waals surface area (Å²) in [5, 5.41) is 8.82. The smallest absolute Gasteiger partial charge is 0.0759 e. The lowest BCUT2D eigenvalue weighted by Crippen LogP contribution is -2.15. The molecule has 0 atom stereocenters. The number of hydrazone groups is 1. The van der Waals surface area contributed by atoms with Crippen LogP contribution in [0.15, 0.2) is 77.2 Å². The van der Waals surface area contributed by atoms with Crippen molar-refractivity contribution in [3.8, 4) is 0 Å². The highest BCUT2D eigenvalue weighted by Crippen LogP contribution is 2.19. The molecule has 110 valence electrons. The second-order valence-corrected chi connectivity index (χ2v) is 6.16. The highest BCUT2D eigenvalue weighted by atomic mass is 32.1. The average molecular weight is 306 g/mol. The fraction of sp³-hybridized carbons (Fsp3) is 0.105. The largest absolute Gasteiger partial charge is 0.260 e. The molecule has 1 aromatic heterocycles. The molecule has 0 amide bonds. The van der Waals surface area contributed by atoms with Gasteiger partial charge < -0.3 is 0 Å². The third-order valence-corrected chi connectivity index (χ3v) is 4.22. The minimum Gasteiger partial charge on any atom is -0.260 e. The number of benzene rings is 2. The molecule has 3 aromatic rings. The third kappa shape index (κ3) is 3.83. The standard InChI is InChI=1S/C19H18N2S/c1-16-9-11-17(12-10-16)14-20-21(15-19-8-5-13-22-19)18-6-3-2-4-7-18/h2-14H,15H2,1H3/b20-14+. The lowest BCUT2D eigenvalue weighted by atomic mass is 10.2. The number of rotatable bonds is 5. The first-order valence-corrected chi connectivity index (χ1v) is 8.15. The van der Waals surface area contributed by atoms with Gasteiger partial charge in [0.2, 0.25) is 0 Å². The van der Waals surface area contributed by atoms with Gasteiger partial charge in [0.05, 0.1) is 18.4 Å². The molecule has 0 aliphatic heterocycles. The van der Waals surface area contributed by atoms with Crippen molar-refractivity contribution in [2.24, 2.45) is 5.10 Å². The molecule has 0 fully saturated rings. The summed E-state index contributed by atoms with van der Waals surface area (Å²) in [4.78, 5) is 1.30. The Morgan fingerprint density at radius 3 is 2.41 bits per heavy atom. The van der Waals surface area contributed by atoms with Gasteiger partial charge in [0.1, 0.15) is 0 Å². The molecule has 2 aromatic carbocycles. The highest BCUT2D eigenvalue weighted by molar-refractivity contribution is 7.09. The Morgan fingerprint density at radius 1 is 0.955 bits per heavy atom. The van der Waals surface area contributed by atoms with Gasteiger partial charge in [-0.05, 0) is 36.1 Å². The molecule has 22 heavy (non-hydrogen) atoms. The summed E-state index contributed by atoms with van der Waals surface area (Å²) in [5.74, 6) is 0. The zero-order valence-electron chi connectivity index (χ0n) is 12.5. The van der Waals surface area contributed by atoms with Crippen LogP contribution in [0.4, 0.5) is 5.69 Å². The molecule has 0 spiro atoms. The van der Waals surface area contributed by atoms with E-state index in [-0.39, 0.29) is 0 Å². The van der Waals surface area contributed by atoms with E-state index in [0.29, 0.717) is 0 Å². The molecule has 0 unspecified atom stereocenters. The van der Waals surface area contributed by atoms with Gasteiger partial charge in [-0.3, -0.25) is 5.01 Å². The Morgan fingerprint density at radius 2 is 1.73 bits per heavy atom. The van der Waals surface area contributed by atoms with Crippen LogP contribution in [0.3, 0.4) is 0 Å². The van der Waals surface area contributed by atoms with Crippen LogP contribution in [0, 0.1) is 6.92 Å². The van der Waals surface area contributed by atoms with Crippen molar-refractivity contribution in [3.63, 3.8) is 0 Å². The normalized spacial score (nSPS) is 11.0. The molecule has 0 N–H and O–H groups in total. The molecular weight excluding hydrogens is 288 g/mol. The molecule has 0 bridgehead atoms. The Labute approximate surface area is 135 Å². The van der Waals surface area contributed by atoms with Crippen molar-refractivity contribution in [1.29, 1.82) is 0 Å². The molecule has 1 heterocycles. The number of aryl methyl sites for hydroxylation is 1. The van der Waals surface area contributed by atoms with E-state index < -0.39 is 0 Å². The second kappa shape index (κ2) is 7.05. The Hall–Kier alpha value is -2.39. The van der Waals surface area contributed by atoms with E-state index in [9.17, 15) is 0 Å². The number of thiophene rings is 1. The van der Waals surface area contributed by atoms with Crippen molar-refractivity contribution >= 4 is 23.2 Å². The van der Waals surface area contributed by atoms with Crippen LogP contribution in [0.1, 0.15) is 16.0 Å². The zero-order chi connectivity index (χ0) is 15.2. The van der Waals surface area contributed by atoms with Crippen LogP contribution in [-0.2, 0) is 6.54 Å². The molecule has 3 heteroatoms. The van der Waals surface area contributed by atoms with Gasteiger partial charge >= 0.3 is 0 Å². The lowest BCUT2D eigenvalue weighted by molar-refractivity contribution is 0.871. The summed E-state index contributed by atoms with van der Waals surface area (Å²) >= 11 is 1.75. The van der Waals surface area contributed by atoms with E-state index >= 15 is 0 Å². The van der Waals surface area contributed by atoms with E-state index in [1.807, 2.05) is 29.4 Å². The Kier molecular flexibility index (Phi) is 4.66. The van der Waals surface area contributed by atoms with Crippen molar-refractivity contribution in [3.05, 3.63) is 88.1 Å². The average Bonchev–Trinajstić information content (AvgIpc) is 3.07. The van der Waals surface area contributed by atoms with Crippen LogP contribution in [0.2, 0.25) is 0 Å². The first-order chi connectivity index (χ1) is 10.8. The van der Waals surface area contributed by atoms with Gasteiger partial charge in [-0.1, -0.05) is 54.1 Å². The van der Waals surface area contributed by atoms with Crippen molar-refractivity contribution in [1.82, 2.24) is 0 Å². The first kappa shape index (κ1) is 14.5. The van der Waals surface area contributed by atoms with Crippen LogP contribution in [-0.4, -0.2) is 6.21 Å². The minimum atomic E-state index is 0.782. The minimum absolute atomic E-state index is 0.782. The van der Waals surface area contributed by atoms with Crippen LogP contribution in [0.5, 0.6) is 0 Å². The highest BCUT2D eigenvalue weighted by Gasteiger charge is 2.05. The van der Waals surface area contributed by atoms with Crippen molar-refractivity contribution < 1.29 is 0 Å². The summed E-state index contributed by atoms with van der Waals surface area (Å²) in [6.45, 7) is 2.87. The van der Waals surface area contributed by atoms with Gasteiger partial charge in [0, 0.05) is 4.88 Å². The van der Waals surface area contributed by atoms with Gasteiger partial charge in [-0.15, -0.1) is 11.3 Å². The first-order valence-electron chi connectivity index (χ1n) is 7.27. The fourth-order valence-corrected chi connectivity index (χ4v) is 2.82. The maximum atomic E-state index is 4.68. The molecule has 0 saturated heterocycles. The summed E-state index contributed by atoms with van der Waals surface area (Å²) in [6, 6.07) is 22.9. The van der Waals surface area contributed by atoms with Crippen LogP contribution >= 0.6 is 11.3 Å². The SMILES string of the molecule is Cc1ccc(/C=N/N(Cc2cccs2)c2ccccc2)cc1. The second-order valence-electron chi connectivity index (χ2n) is 5.13. The summed E-state index contributed by atoms with van der Waals surface area (Å²) in [5.41, 5.74) is 3.47. The monoisotopic (exact) mass is 306 g/mol. The van der Waals surface area contributed by atoms with Crippen molar-refractivity contribution in [2.45, 2.75) is 13.5 Å². The molecule has 2 nitrogen and oxygen atoms in total. The Balaban J connectivity index is 1.83. The summed E-state index contributed by atoms with van der Waals surface area (Å²) in [7, 11) is 0. The predicted molar refractivity (Wildman–Crippen MR) is 95.7 cm³/mol. The molecule has 3 rings (SSSR count). The predicted octanol–water partition coefficient (Wildman–Crippen LogP) is 5.10. The number of nitrogens with zero attached hydrogens (tertiary/aromatic N) is 2. The van der Waals surface area contributed by atoms with E-state index in [0.717, 1.165) is 17.8 Å². The van der Waals surface area contributed by atoms with Gasteiger partial charge in [0.25, 0.3) is 0 Å². The fourth-order valence-electron chi connectivity index (χ4n) is 2.14. The molecule has 0 aliphatic rings. The summed E-state index contributed by atoms with van der Waals surface area (Å²) < 4.78 is 0. The topological polar surface area (TPSA) is 15.6 Å².